The highest BCUT2D eigenvalue weighted by Gasteiger charge is 2.39. The van der Waals surface area contributed by atoms with E-state index in [1.54, 1.807) is 0 Å². The maximum absolute atomic E-state index is 13.0. The van der Waals surface area contributed by atoms with Crippen molar-refractivity contribution >= 4 is 17.3 Å². The number of aromatic nitrogens is 2. The molecule has 0 aromatic carbocycles. The van der Waals surface area contributed by atoms with E-state index < -0.39 is 35.1 Å². The SMILES string of the molecule is O=C1CCCC(=O)C1C(=O)c1ccc(C(F)(F)F)nc1-c1ccncc1. The van der Waals surface area contributed by atoms with Gasteiger partial charge in [-0.1, -0.05) is 0 Å². The van der Waals surface area contributed by atoms with E-state index in [9.17, 15) is 27.6 Å². The number of ketones is 3. The molecule has 2 heterocycles. The van der Waals surface area contributed by atoms with Crippen molar-refractivity contribution in [1.82, 2.24) is 9.97 Å². The first-order valence-electron chi connectivity index (χ1n) is 7.87. The highest BCUT2D eigenvalue weighted by Crippen LogP contribution is 2.33. The summed E-state index contributed by atoms with van der Waals surface area (Å²) in [7, 11) is 0. The van der Waals surface area contributed by atoms with Gasteiger partial charge in [-0.15, -0.1) is 0 Å². The monoisotopic (exact) mass is 362 g/mol. The summed E-state index contributed by atoms with van der Waals surface area (Å²) in [5.41, 5.74) is -1.33. The smallest absolute Gasteiger partial charge is 0.298 e. The second-order valence-electron chi connectivity index (χ2n) is 5.91. The van der Waals surface area contributed by atoms with Crippen LogP contribution in [-0.4, -0.2) is 27.3 Å². The molecule has 0 amide bonds. The molecule has 8 heteroatoms. The van der Waals surface area contributed by atoms with Gasteiger partial charge in [0.2, 0.25) is 0 Å². The average Bonchev–Trinajstić information content (AvgIpc) is 2.61. The summed E-state index contributed by atoms with van der Waals surface area (Å²) in [5, 5.41) is 0. The van der Waals surface area contributed by atoms with Gasteiger partial charge in [-0.05, 0) is 30.7 Å². The van der Waals surface area contributed by atoms with Crippen molar-refractivity contribution < 1.29 is 27.6 Å². The third-order valence-electron chi connectivity index (χ3n) is 4.16. The zero-order valence-electron chi connectivity index (χ0n) is 13.4. The molecule has 2 aromatic heterocycles. The summed E-state index contributed by atoms with van der Waals surface area (Å²) in [5.74, 6) is -3.30. The van der Waals surface area contributed by atoms with Crippen LogP contribution in [0.25, 0.3) is 11.3 Å². The van der Waals surface area contributed by atoms with Crippen molar-refractivity contribution in [3.8, 4) is 11.3 Å². The number of carbonyl (C=O) groups is 3. The largest absolute Gasteiger partial charge is 0.433 e. The summed E-state index contributed by atoms with van der Waals surface area (Å²) in [6.45, 7) is 0. The normalized spacial score (nSPS) is 16.0. The lowest BCUT2D eigenvalue weighted by molar-refractivity contribution is -0.141. The molecule has 2 aromatic rings. The molecule has 0 spiro atoms. The van der Waals surface area contributed by atoms with E-state index in [1.165, 1.54) is 24.5 Å². The molecular weight excluding hydrogens is 349 g/mol. The van der Waals surface area contributed by atoms with Gasteiger partial charge in [0.25, 0.3) is 0 Å². The standard InChI is InChI=1S/C18H13F3N2O3/c19-18(20,21)14-5-4-11(16(23-14)10-6-8-22-9-7-10)17(26)15-12(24)2-1-3-13(15)25/h4-9,15H,1-3H2. The Morgan fingerprint density at radius 2 is 1.62 bits per heavy atom. The predicted octanol–water partition coefficient (Wildman–Crippen LogP) is 3.28. The molecule has 0 radical (unpaired) electrons. The van der Waals surface area contributed by atoms with Crippen molar-refractivity contribution in [2.45, 2.75) is 25.4 Å². The van der Waals surface area contributed by atoms with Crippen molar-refractivity contribution in [1.29, 1.82) is 0 Å². The lowest BCUT2D eigenvalue weighted by atomic mass is 9.81. The Hall–Kier alpha value is -2.90. The molecule has 1 aliphatic rings. The first kappa shape index (κ1) is 17.9. The molecule has 0 saturated heterocycles. The van der Waals surface area contributed by atoms with E-state index in [0.29, 0.717) is 12.5 Å². The van der Waals surface area contributed by atoms with Gasteiger partial charge >= 0.3 is 6.18 Å². The lowest BCUT2D eigenvalue weighted by Crippen LogP contribution is -2.35. The minimum absolute atomic E-state index is 0.0980. The zero-order chi connectivity index (χ0) is 18.9. The van der Waals surface area contributed by atoms with Gasteiger partial charge in [0.05, 0.1) is 5.69 Å². The number of nitrogens with zero attached hydrogens (tertiary/aromatic N) is 2. The summed E-state index contributed by atoms with van der Waals surface area (Å²) in [6, 6.07) is 4.46. The fraction of sp³-hybridized carbons (Fsp3) is 0.278. The van der Waals surface area contributed by atoms with Gasteiger partial charge in [0.15, 0.2) is 17.3 Å². The Kier molecular flexibility index (Phi) is 4.67. The summed E-state index contributed by atoms with van der Waals surface area (Å²) < 4.78 is 39.1. The molecule has 0 unspecified atom stereocenters. The molecule has 1 fully saturated rings. The molecular formula is C18H13F3N2O3. The van der Waals surface area contributed by atoms with E-state index in [4.69, 9.17) is 0 Å². The molecule has 0 bridgehead atoms. The van der Waals surface area contributed by atoms with Crippen molar-refractivity contribution in [3.05, 3.63) is 47.9 Å². The summed E-state index contributed by atoms with van der Waals surface area (Å²) in [6.07, 6.45) is -1.42. The van der Waals surface area contributed by atoms with Crippen molar-refractivity contribution in [2.75, 3.05) is 0 Å². The molecule has 3 rings (SSSR count). The summed E-state index contributed by atoms with van der Waals surface area (Å²) >= 11 is 0. The van der Waals surface area contributed by atoms with Crippen LogP contribution in [0.5, 0.6) is 0 Å². The van der Waals surface area contributed by atoms with Crippen LogP contribution in [0, 0.1) is 5.92 Å². The Labute approximate surface area is 146 Å². The number of hydrogen-bond acceptors (Lipinski definition) is 5. The van der Waals surface area contributed by atoms with E-state index in [1.807, 2.05) is 0 Å². The van der Waals surface area contributed by atoms with Crippen LogP contribution in [0.3, 0.4) is 0 Å². The van der Waals surface area contributed by atoms with Crippen molar-refractivity contribution in [2.24, 2.45) is 5.92 Å². The van der Waals surface area contributed by atoms with Crippen LogP contribution >= 0.6 is 0 Å². The molecule has 5 nitrogen and oxygen atoms in total. The highest BCUT2D eigenvalue weighted by atomic mass is 19.4. The number of halogens is 3. The lowest BCUT2D eigenvalue weighted by Gasteiger charge is -2.20. The van der Waals surface area contributed by atoms with Crippen molar-refractivity contribution in [3.63, 3.8) is 0 Å². The molecule has 1 saturated carbocycles. The van der Waals surface area contributed by atoms with Gasteiger partial charge in [0, 0.05) is 36.4 Å². The fourth-order valence-electron chi connectivity index (χ4n) is 2.90. The number of hydrogen-bond donors (Lipinski definition) is 0. The van der Waals surface area contributed by atoms with Crippen LogP contribution in [0.4, 0.5) is 13.2 Å². The molecule has 0 aliphatic heterocycles. The summed E-state index contributed by atoms with van der Waals surface area (Å²) in [4.78, 5) is 44.3. The number of carbonyl (C=O) groups excluding carboxylic acids is 3. The number of alkyl halides is 3. The van der Waals surface area contributed by atoms with E-state index in [2.05, 4.69) is 9.97 Å². The van der Waals surface area contributed by atoms with Gasteiger partial charge in [-0.3, -0.25) is 19.4 Å². The molecule has 134 valence electrons. The fourth-order valence-corrected chi connectivity index (χ4v) is 2.90. The Morgan fingerprint density at radius 3 is 2.19 bits per heavy atom. The number of Topliss-reactive ketones (excluding diaryl/α,β-unsaturated/α-hetero) is 3. The number of pyridine rings is 2. The van der Waals surface area contributed by atoms with Crippen LogP contribution in [0.15, 0.2) is 36.7 Å². The topological polar surface area (TPSA) is 77.0 Å². The quantitative estimate of drug-likeness (QED) is 0.619. The molecule has 1 aliphatic carbocycles. The van der Waals surface area contributed by atoms with Gasteiger partial charge < -0.3 is 0 Å². The second-order valence-corrected chi connectivity index (χ2v) is 5.91. The van der Waals surface area contributed by atoms with Crippen LogP contribution in [-0.2, 0) is 15.8 Å². The minimum atomic E-state index is -4.69. The maximum atomic E-state index is 13.0. The maximum Gasteiger partial charge on any atom is 0.433 e. The Bertz CT molecular complexity index is 863. The molecule has 0 N–H and O–H groups in total. The third kappa shape index (κ3) is 3.40. The van der Waals surface area contributed by atoms with E-state index in [-0.39, 0.29) is 29.7 Å². The van der Waals surface area contributed by atoms with E-state index >= 15 is 0 Å². The third-order valence-corrected chi connectivity index (χ3v) is 4.16. The Balaban J connectivity index is 2.13. The minimum Gasteiger partial charge on any atom is -0.298 e. The average molecular weight is 362 g/mol. The van der Waals surface area contributed by atoms with Crippen LogP contribution in [0.2, 0.25) is 0 Å². The van der Waals surface area contributed by atoms with Gasteiger partial charge in [-0.2, -0.15) is 13.2 Å². The predicted molar refractivity (Wildman–Crippen MR) is 84.2 cm³/mol. The van der Waals surface area contributed by atoms with E-state index in [0.717, 1.165) is 6.07 Å². The van der Waals surface area contributed by atoms with Crippen LogP contribution < -0.4 is 0 Å². The highest BCUT2D eigenvalue weighted by molar-refractivity contribution is 6.26. The molecule has 26 heavy (non-hydrogen) atoms. The van der Waals surface area contributed by atoms with Gasteiger partial charge in [-0.25, -0.2) is 4.98 Å². The first-order chi connectivity index (χ1) is 12.3. The second kappa shape index (κ2) is 6.78. The Morgan fingerprint density at radius 1 is 1.00 bits per heavy atom. The van der Waals surface area contributed by atoms with Crippen LogP contribution in [0.1, 0.15) is 35.3 Å². The first-order valence-corrected chi connectivity index (χ1v) is 7.87. The number of rotatable bonds is 3. The molecule has 0 atom stereocenters. The zero-order valence-corrected chi connectivity index (χ0v) is 13.4. The van der Waals surface area contributed by atoms with Gasteiger partial charge in [0.1, 0.15) is 11.6 Å².